The molecule has 1 aliphatic heterocycles. The van der Waals surface area contributed by atoms with Gasteiger partial charge in [0.2, 0.25) is 5.60 Å². The Balaban J connectivity index is 1.68. The summed E-state index contributed by atoms with van der Waals surface area (Å²) < 4.78 is 18.1. The molecule has 0 saturated carbocycles. The summed E-state index contributed by atoms with van der Waals surface area (Å²) in [4.78, 5) is 18.0. The van der Waals surface area contributed by atoms with Crippen LogP contribution in [0.25, 0.3) is 0 Å². The number of anilines is 1. The SMILES string of the molecule is COCc1cccc(NC(=O)[C@]2(C)CC(c3ccc(F)cc3)=NO2)c1. The lowest BCUT2D eigenvalue weighted by Gasteiger charge is -2.20. The van der Waals surface area contributed by atoms with E-state index in [1.165, 1.54) is 12.1 Å². The molecule has 1 amide bonds. The van der Waals surface area contributed by atoms with E-state index < -0.39 is 5.60 Å². The number of halogens is 1. The van der Waals surface area contributed by atoms with Gasteiger partial charge in [-0.2, -0.15) is 0 Å². The summed E-state index contributed by atoms with van der Waals surface area (Å²) in [6, 6.07) is 13.4. The zero-order chi connectivity index (χ0) is 17.9. The van der Waals surface area contributed by atoms with Crippen LogP contribution in [0.1, 0.15) is 24.5 Å². The maximum absolute atomic E-state index is 13.0. The molecule has 0 radical (unpaired) electrons. The molecule has 130 valence electrons. The van der Waals surface area contributed by atoms with Crippen molar-refractivity contribution in [2.75, 3.05) is 12.4 Å². The predicted molar refractivity (Wildman–Crippen MR) is 92.8 cm³/mol. The third kappa shape index (κ3) is 3.85. The maximum atomic E-state index is 13.0. The van der Waals surface area contributed by atoms with E-state index in [0.717, 1.165) is 11.1 Å². The molecule has 6 heteroatoms. The van der Waals surface area contributed by atoms with Crippen LogP contribution in [0.4, 0.5) is 10.1 Å². The third-order valence-corrected chi connectivity index (χ3v) is 4.02. The van der Waals surface area contributed by atoms with Gasteiger partial charge in [-0.15, -0.1) is 0 Å². The molecule has 0 unspecified atom stereocenters. The number of rotatable bonds is 5. The van der Waals surface area contributed by atoms with Gasteiger partial charge in [0.15, 0.2) is 0 Å². The number of carbonyl (C=O) groups is 1. The molecule has 2 aromatic rings. The quantitative estimate of drug-likeness (QED) is 0.905. The fourth-order valence-corrected chi connectivity index (χ4v) is 2.63. The molecular weight excluding hydrogens is 323 g/mol. The normalized spacial score (nSPS) is 19.2. The number of hydrogen-bond donors (Lipinski definition) is 1. The van der Waals surface area contributed by atoms with E-state index in [2.05, 4.69) is 10.5 Å². The number of carbonyl (C=O) groups excluding carboxylic acids is 1. The molecule has 25 heavy (non-hydrogen) atoms. The largest absolute Gasteiger partial charge is 0.380 e. The second-order valence-corrected chi connectivity index (χ2v) is 6.13. The van der Waals surface area contributed by atoms with Crippen molar-refractivity contribution in [2.24, 2.45) is 5.16 Å². The van der Waals surface area contributed by atoms with Gasteiger partial charge in [0.1, 0.15) is 5.82 Å². The van der Waals surface area contributed by atoms with Crippen LogP contribution in [0.5, 0.6) is 0 Å². The number of nitrogens with one attached hydrogen (secondary N) is 1. The minimum absolute atomic E-state index is 0.289. The van der Waals surface area contributed by atoms with Crippen molar-refractivity contribution in [2.45, 2.75) is 25.6 Å². The molecule has 0 spiro atoms. The number of nitrogens with zero attached hydrogens (tertiary/aromatic N) is 1. The summed E-state index contributed by atoms with van der Waals surface area (Å²) in [5.41, 5.74) is 1.87. The van der Waals surface area contributed by atoms with Crippen LogP contribution in [0.15, 0.2) is 53.7 Å². The van der Waals surface area contributed by atoms with E-state index in [1.54, 1.807) is 32.2 Å². The molecule has 5 nitrogen and oxygen atoms in total. The first-order valence-corrected chi connectivity index (χ1v) is 7.90. The molecule has 1 atom stereocenters. The monoisotopic (exact) mass is 342 g/mol. The van der Waals surface area contributed by atoms with Crippen molar-refractivity contribution in [3.8, 4) is 0 Å². The molecule has 0 aromatic heterocycles. The first-order chi connectivity index (χ1) is 12.0. The van der Waals surface area contributed by atoms with Crippen LogP contribution in [0, 0.1) is 5.82 Å². The Morgan fingerprint density at radius 2 is 2.08 bits per heavy atom. The summed E-state index contributed by atoms with van der Waals surface area (Å²) in [5.74, 6) is -0.609. The Morgan fingerprint density at radius 3 is 2.80 bits per heavy atom. The van der Waals surface area contributed by atoms with Gasteiger partial charge in [-0.1, -0.05) is 29.4 Å². The van der Waals surface area contributed by atoms with E-state index in [1.807, 2.05) is 18.2 Å². The number of oxime groups is 1. The highest BCUT2D eigenvalue weighted by atomic mass is 19.1. The molecule has 3 rings (SSSR count). The Morgan fingerprint density at radius 1 is 1.32 bits per heavy atom. The van der Waals surface area contributed by atoms with E-state index in [-0.39, 0.29) is 11.7 Å². The molecule has 0 fully saturated rings. The van der Waals surface area contributed by atoms with Crippen molar-refractivity contribution >= 4 is 17.3 Å². The van der Waals surface area contributed by atoms with Crippen LogP contribution >= 0.6 is 0 Å². The summed E-state index contributed by atoms with van der Waals surface area (Å²) in [5, 5.41) is 6.86. The molecule has 1 aliphatic rings. The molecule has 1 heterocycles. The number of hydrogen-bond acceptors (Lipinski definition) is 4. The van der Waals surface area contributed by atoms with Gasteiger partial charge in [0, 0.05) is 19.2 Å². The molecule has 0 bridgehead atoms. The van der Waals surface area contributed by atoms with Crippen molar-refractivity contribution in [3.05, 3.63) is 65.5 Å². The Labute approximate surface area is 145 Å². The van der Waals surface area contributed by atoms with Gasteiger partial charge in [-0.25, -0.2) is 4.39 Å². The van der Waals surface area contributed by atoms with E-state index in [0.29, 0.717) is 24.4 Å². The maximum Gasteiger partial charge on any atom is 0.271 e. The zero-order valence-electron chi connectivity index (χ0n) is 14.1. The smallest absolute Gasteiger partial charge is 0.271 e. The van der Waals surface area contributed by atoms with Crippen molar-refractivity contribution in [3.63, 3.8) is 0 Å². The number of amides is 1. The van der Waals surface area contributed by atoms with Gasteiger partial charge in [0.05, 0.1) is 12.3 Å². The lowest BCUT2D eigenvalue weighted by atomic mass is 9.95. The molecule has 0 saturated heterocycles. The van der Waals surface area contributed by atoms with E-state index in [9.17, 15) is 9.18 Å². The summed E-state index contributed by atoms with van der Waals surface area (Å²) in [6.45, 7) is 2.15. The Bertz CT molecular complexity index is 805. The predicted octanol–water partition coefficient (Wildman–Crippen LogP) is 3.49. The van der Waals surface area contributed by atoms with Crippen LogP contribution in [0.2, 0.25) is 0 Å². The number of benzene rings is 2. The van der Waals surface area contributed by atoms with Gasteiger partial charge in [0.25, 0.3) is 5.91 Å². The Kier molecular flexibility index (Phi) is 4.81. The summed E-state index contributed by atoms with van der Waals surface area (Å²) >= 11 is 0. The lowest BCUT2D eigenvalue weighted by molar-refractivity contribution is -0.135. The first kappa shape index (κ1) is 17.1. The van der Waals surface area contributed by atoms with Crippen LogP contribution in [0.3, 0.4) is 0 Å². The van der Waals surface area contributed by atoms with E-state index in [4.69, 9.17) is 9.57 Å². The van der Waals surface area contributed by atoms with Crippen molar-refractivity contribution < 1.29 is 18.8 Å². The Hall–Kier alpha value is -2.73. The third-order valence-electron chi connectivity index (χ3n) is 4.02. The van der Waals surface area contributed by atoms with Crippen LogP contribution < -0.4 is 5.32 Å². The van der Waals surface area contributed by atoms with Gasteiger partial charge in [-0.3, -0.25) is 4.79 Å². The molecule has 1 N–H and O–H groups in total. The highest BCUT2D eigenvalue weighted by molar-refractivity contribution is 6.07. The molecule has 0 aliphatic carbocycles. The van der Waals surface area contributed by atoms with Crippen molar-refractivity contribution in [1.29, 1.82) is 0 Å². The summed E-state index contributed by atoms with van der Waals surface area (Å²) in [6.07, 6.45) is 0.308. The first-order valence-electron chi connectivity index (χ1n) is 7.90. The van der Waals surface area contributed by atoms with Crippen LogP contribution in [-0.4, -0.2) is 24.3 Å². The highest BCUT2D eigenvalue weighted by Gasteiger charge is 2.42. The minimum atomic E-state index is -1.11. The average Bonchev–Trinajstić information content (AvgIpc) is 3.00. The fourth-order valence-electron chi connectivity index (χ4n) is 2.63. The lowest BCUT2D eigenvalue weighted by Crippen LogP contribution is -2.40. The summed E-state index contributed by atoms with van der Waals surface area (Å²) in [7, 11) is 1.62. The topological polar surface area (TPSA) is 59.9 Å². The van der Waals surface area contributed by atoms with E-state index >= 15 is 0 Å². The average molecular weight is 342 g/mol. The van der Waals surface area contributed by atoms with Gasteiger partial charge >= 0.3 is 0 Å². The number of methoxy groups -OCH3 is 1. The molecule has 2 aromatic carbocycles. The number of ether oxygens (including phenoxy) is 1. The van der Waals surface area contributed by atoms with Crippen molar-refractivity contribution in [1.82, 2.24) is 0 Å². The minimum Gasteiger partial charge on any atom is -0.380 e. The highest BCUT2D eigenvalue weighted by Crippen LogP contribution is 2.28. The second-order valence-electron chi connectivity index (χ2n) is 6.13. The standard InChI is InChI=1S/C19H19FN2O3/c1-19(11-17(22-25-19)14-6-8-15(20)9-7-14)18(23)21-16-5-3-4-13(10-16)12-24-2/h3-10H,11-12H2,1-2H3,(H,21,23)/t19-/m0/s1. The fraction of sp³-hybridized carbons (Fsp3) is 0.263. The second kappa shape index (κ2) is 7.03. The van der Waals surface area contributed by atoms with Gasteiger partial charge < -0.3 is 14.9 Å². The van der Waals surface area contributed by atoms with Gasteiger partial charge in [-0.05, 0) is 42.3 Å². The zero-order valence-corrected chi connectivity index (χ0v) is 14.1. The van der Waals surface area contributed by atoms with Crippen LogP contribution in [-0.2, 0) is 21.0 Å². The molecular formula is C19H19FN2O3.